The summed E-state index contributed by atoms with van der Waals surface area (Å²) in [6.07, 6.45) is 12.5. The number of ether oxygens (including phenoxy) is 1. The second-order valence-electron chi connectivity index (χ2n) is 6.57. The van der Waals surface area contributed by atoms with E-state index in [0.717, 1.165) is 19.6 Å². The van der Waals surface area contributed by atoms with Crippen molar-refractivity contribution in [1.82, 2.24) is 10.2 Å². The summed E-state index contributed by atoms with van der Waals surface area (Å²) in [5.41, 5.74) is 1.74. The number of nitrogens with one attached hydrogen (secondary N) is 1. The molecule has 20 heavy (non-hydrogen) atoms. The molecule has 0 radical (unpaired) electrons. The van der Waals surface area contributed by atoms with E-state index in [9.17, 15) is 0 Å². The SMILES string of the molecule is CCNC(C1=COCCC1)C1(N(C)C)CCCCCC1. The highest BCUT2D eigenvalue weighted by Crippen LogP contribution is 2.38. The predicted octanol–water partition coefficient (Wildman–Crippen LogP) is 3.31. The van der Waals surface area contributed by atoms with Crippen molar-refractivity contribution in [2.45, 2.75) is 69.9 Å². The Kier molecular flexibility index (Phi) is 5.91. The summed E-state index contributed by atoms with van der Waals surface area (Å²) in [6, 6.07) is 0.445. The van der Waals surface area contributed by atoms with E-state index in [1.807, 2.05) is 6.26 Å². The molecule has 1 aliphatic heterocycles. The molecular formula is C17H32N2O. The fourth-order valence-electron chi connectivity index (χ4n) is 4.00. The molecule has 0 aromatic heterocycles. The average Bonchev–Trinajstić information content (AvgIpc) is 2.72. The summed E-state index contributed by atoms with van der Waals surface area (Å²) in [7, 11) is 4.53. The quantitative estimate of drug-likeness (QED) is 0.782. The van der Waals surface area contributed by atoms with Crippen LogP contribution in [0.25, 0.3) is 0 Å². The summed E-state index contributed by atoms with van der Waals surface area (Å²) in [5, 5.41) is 3.78. The number of likely N-dealkylation sites (N-methyl/N-ethyl adjacent to an activating group) is 2. The van der Waals surface area contributed by atoms with Gasteiger partial charge in [-0.3, -0.25) is 0 Å². The second-order valence-corrected chi connectivity index (χ2v) is 6.57. The number of rotatable bonds is 5. The highest BCUT2D eigenvalue weighted by atomic mass is 16.5. The van der Waals surface area contributed by atoms with Crippen molar-refractivity contribution in [2.24, 2.45) is 0 Å². The van der Waals surface area contributed by atoms with Gasteiger partial charge in [-0.2, -0.15) is 0 Å². The standard InChI is InChI=1S/C17H32N2O/c1-4-18-16(15-10-9-13-20-14-15)17(19(2)3)11-7-5-6-8-12-17/h14,16,18H,4-13H2,1-3H3. The lowest BCUT2D eigenvalue weighted by atomic mass is 9.76. The molecule has 1 heterocycles. The lowest BCUT2D eigenvalue weighted by Crippen LogP contribution is -2.59. The molecule has 116 valence electrons. The molecule has 0 amide bonds. The lowest BCUT2D eigenvalue weighted by Gasteiger charge is -2.47. The van der Waals surface area contributed by atoms with Gasteiger partial charge in [0.1, 0.15) is 0 Å². The predicted molar refractivity (Wildman–Crippen MR) is 84.9 cm³/mol. The van der Waals surface area contributed by atoms with Crippen molar-refractivity contribution in [3.8, 4) is 0 Å². The first-order chi connectivity index (χ1) is 9.70. The van der Waals surface area contributed by atoms with Crippen molar-refractivity contribution in [2.75, 3.05) is 27.2 Å². The Morgan fingerprint density at radius 3 is 2.40 bits per heavy atom. The van der Waals surface area contributed by atoms with Gasteiger partial charge in [-0.05, 0) is 51.9 Å². The van der Waals surface area contributed by atoms with Crippen molar-refractivity contribution >= 4 is 0 Å². The van der Waals surface area contributed by atoms with E-state index >= 15 is 0 Å². The summed E-state index contributed by atoms with van der Waals surface area (Å²) in [5.74, 6) is 0. The van der Waals surface area contributed by atoms with Gasteiger partial charge in [0.15, 0.2) is 0 Å². The van der Waals surface area contributed by atoms with Crippen LogP contribution in [0.3, 0.4) is 0 Å². The molecule has 1 N–H and O–H groups in total. The Balaban J connectivity index is 2.28. The number of hydrogen-bond donors (Lipinski definition) is 1. The van der Waals surface area contributed by atoms with E-state index in [1.54, 1.807) is 0 Å². The Hall–Kier alpha value is -0.540. The molecule has 0 spiro atoms. The monoisotopic (exact) mass is 280 g/mol. The Bertz CT molecular complexity index is 317. The van der Waals surface area contributed by atoms with Crippen molar-refractivity contribution in [3.63, 3.8) is 0 Å². The summed E-state index contributed by atoms with van der Waals surface area (Å²) >= 11 is 0. The first kappa shape index (κ1) is 15.8. The molecule has 1 fully saturated rings. The van der Waals surface area contributed by atoms with Crippen LogP contribution in [0.2, 0.25) is 0 Å². The maximum absolute atomic E-state index is 5.64. The minimum absolute atomic E-state index is 0.263. The highest BCUT2D eigenvalue weighted by molar-refractivity contribution is 5.19. The van der Waals surface area contributed by atoms with Gasteiger partial charge < -0.3 is 15.0 Å². The van der Waals surface area contributed by atoms with Crippen LogP contribution in [-0.2, 0) is 4.74 Å². The van der Waals surface area contributed by atoms with Gasteiger partial charge in [-0.25, -0.2) is 0 Å². The maximum Gasteiger partial charge on any atom is 0.0876 e. The fourth-order valence-corrected chi connectivity index (χ4v) is 4.00. The molecule has 3 nitrogen and oxygen atoms in total. The third-order valence-electron chi connectivity index (χ3n) is 5.14. The van der Waals surface area contributed by atoms with E-state index in [4.69, 9.17) is 4.74 Å². The van der Waals surface area contributed by atoms with E-state index < -0.39 is 0 Å². The molecule has 2 aliphatic rings. The third kappa shape index (κ3) is 3.37. The van der Waals surface area contributed by atoms with Gasteiger partial charge in [0, 0.05) is 11.6 Å². The summed E-state index contributed by atoms with van der Waals surface area (Å²) in [4.78, 5) is 2.49. The molecule has 1 saturated carbocycles. The molecule has 1 unspecified atom stereocenters. The van der Waals surface area contributed by atoms with Gasteiger partial charge in [-0.15, -0.1) is 0 Å². The minimum atomic E-state index is 0.263. The van der Waals surface area contributed by atoms with Gasteiger partial charge in [0.2, 0.25) is 0 Å². The normalized spacial score (nSPS) is 24.7. The number of hydrogen-bond acceptors (Lipinski definition) is 3. The van der Waals surface area contributed by atoms with E-state index in [-0.39, 0.29) is 5.54 Å². The zero-order valence-electron chi connectivity index (χ0n) is 13.6. The Labute approximate surface area is 124 Å². The lowest BCUT2D eigenvalue weighted by molar-refractivity contribution is 0.0880. The van der Waals surface area contributed by atoms with Crippen LogP contribution in [0.1, 0.15) is 58.3 Å². The molecule has 2 rings (SSSR count). The fraction of sp³-hybridized carbons (Fsp3) is 0.882. The van der Waals surface area contributed by atoms with E-state index in [2.05, 4.69) is 31.2 Å². The van der Waals surface area contributed by atoms with Crippen LogP contribution < -0.4 is 5.32 Å². The van der Waals surface area contributed by atoms with Crippen LogP contribution in [-0.4, -0.2) is 43.7 Å². The van der Waals surface area contributed by atoms with Crippen LogP contribution in [0.4, 0.5) is 0 Å². The van der Waals surface area contributed by atoms with Crippen LogP contribution in [0, 0.1) is 0 Å². The maximum atomic E-state index is 5.64. The summed E-state index contributed by atoms with van der Waals surface area (Å²) < 4.78 is 5.64. The summed E-state index contributed by atoms with van der Waals surface area (Å²) in [6.45, 7) is 4.13. The van der Waals surface area contributed by atoms with Crippen LogP contribution in [0.5, 0.6) is 0 Å². The molecular weight excluding hydrogens is 248 g/mol. The first-order valence-electron chi connectivity index (χ1n) is 8.42. The van der Waals surface area contributed by atoms with E-state index in [1.165, 1.54) is 50.5 Å². The van der Waals surface area contributed by atoms with Crippen LogP contribution in [0.15, 0.2) is 11.8 Å². The molecule has 3 heteroatoms. The zero-order valence-corrected chi connectivity index (χ0v) is 13.6. The Morgan fingerprint density at radius 2 is 1.90 bits per heavy atom. The number of nitrogens with zero attached hydrogens (tertiary/aromatic N) is 1. The van der Waals surface area contributed by atoms with Crippen molar-refractivity contribution < 1.29 is 4.74 Å². The minimum Gasteiger partial charge on any atom is -0.501 e. The highest BCUT2D eigenvalue weighted by Gasteiger charge is 2.42. The Morgan fingerprint density at radius 1 is 1.20 bits per heavy atom. The zero-order chi connectivity index (χ0) is 14.4. The molecule has 0 aromatic rings. The average molecular weight is 280 g/mol. The molecule has 0 saturated heterocycles. The second kappa shape index (κ2) is 7.46. The van der Waals surface area contributed by atoms with E-state index in [0.29, 0.717) is 6.04 Å². The van der Waals surface area contributed by atoms with Crippen LogP contribution >= 0.6 is 0 Å². The first-order valence-corrected chi connectivity index (χ1v) is 8.42. The van der Waals surface area contributed by atoms with Gasteiger partial charge in [0.25, 0.3) is 0 Å². The topological polar surface area (TPSA) is 24.5 Å². The van der Waals surface area contributed by atoms with Gasteiger partial charge in [0.05, 0.1) is 12.9 Å². The molecule has 0 aromatic carbocycles. The molecule has 0 bridgehead atoms. The largest absolute Gasteiger partial charge is 0.501 e. The third-order valence-corrected chi connectivity index (χ3v) is 5.14. The van der Waals surface area contributed by atoms with Crippen molar-refractivity contribution in [1.29, 1.82) is 0 Å². The van der Waals surface area contributed by atoms with Gasteiger partial charge in [-0.1, -0.05) is 32.6 Å². The van der Waals surface area contributed by atoms with Crippen molar-refractivity contribution in [3.05, 3.63) is 11.8 Å². The van der Waals surface area contributed by atoms with Gasteiger partial charge >= 0.3 is 0 Å². The molecule has 1 aliphatic carbocycles. The molecule has 1 atom stereocenters. The smallest absolute Gasteiger partial charge is 0.0876 e.